The molecule has 136 valence electrons. The second kappa shape index (κ2) is 7.81. The van der Waals surface area contributed by atoms with Gasteiger partial charge in [0.1, 0.15) is 4.92 Å². The van der Waals surface area contributed by atoms with Crippen LogP contribution in [0.4, 0.5) is 5.88 Å². The standard InChI is InChI=1S/C16H14ClN3O5S/c1-2-24-9-8-19-14-10(17)4-3-5-12(14)26-16(19)18-15(21)11-6-7-13(25-11)20(22)23/h3-7H,2,8-9H2,1H3. The lowest BCUT2D eigenvalue weighted by Crippen LogP contribution is -2.19. The highest BCUT2D eigenvalue weighted by Crippen LogP contribution is 2.25. The minimum Gasteiger partial charge on any atom is -0.395 e. The van der Waals surface area contributed by atoms with Gasteiger partial charge in [-0.1, -0.05) is 29.0 Å². The summed E-state index contributed by atoms with van der Waals surface area (Å²) in [6, 6.07) is 7.80. The molecule has 0 N–H and O–H groups in total. The number of amides is 1. The molecule has 0 unspecified atom stereocenters. The van der Waals surface area contributed by atoms with E-state index in [1.54, 1.807) is 10.6 Å². The van der Waals surface area contributed by atoms with Crippen LogP contribution in [0.2, 0.25) is 5.02 Å². The van der Waals surface area contributed by atoms with Gasteiger partial charge < -0.3 is 13.7 Å². The van der Waals surface area contributed by atoms with E-state index >= 15 is 0 Å². The van der Waals surface area contributed by atoms with Crippen molar-refractivity contribution in [1.82, 2.24) is 4.57 Å². The number of rotatable bonds is 6. The van der Waals surface area contributed by atoms with E-state index in [-0.39, 0.29) is 5.76 Å². The number of hydrogen-bond acceptors (Lipinski definition) is 6. The number of benzene rings is 1. The van der Waals surface area contributed by atoms with Gasteiger partial charge in [0.15, 0.2) is 4.80 Å². The highest BCUT2D eigenvalue weighted by Gasteiger charge is 2.18. The van der Waals surface area contributed by atoms with Crippen molar-refractivity contribution in [2.45, 2.75) is 13.5 Å². The van der Waals surface area contributed by atoms with Crippen LogP contribution in [0.15, 0.2) is 39.7 Å². The number of nitrogens with zero attached hydrogens (tertiary/aromatic N) is 3. The van der Waals surface area contributed by atoms with Crippen LogP contribution < -0.4 is 4.80 Å². The van der Waals surface area contributed by atoms with Gasteiger partial charge in [-0.3, -0.25) is 14.9 Å². The molecule has 1 amide bonds. The maximum atomic E-state index is 12.3. The summed E-state index contributed by atoms with van der Waals surface area (Å²) in [5.41, 5.74) is 0.760. The molecule has 0 radical (unpaired) electrons. The second-order valence-corrected chi connectivity index (χ2v) is 6.55. The first-order chi connectivity index (χ1) is 12.5. The van der Waals surface area contributed by atoms with E-state index < -0.39 is 16.7 Å². The zero-order valence-corrected chi connectivity index (χ0v) is 15.2. The zero-order valence-electron chi connectivity index (χ0n) is 13.7. The number of carbonyl (C=O) groups is 1. The summed E-state index contributed by atoms with van der Waals surface area (Å²) < 4.78 is 13.0. The quantitative estimate of drug-likeness (QED) is 0.360. The van der Waals surface area contributed by atoms with E-state index in [0.29, 0.717) is 29.6 Å². The highest BCUT2D eigenvalue weighted by atomic mass is 35.5. The molecule has 8 nitrogen and oxygen atoms in total. The molecule has 0 aliphatic carbocycles. The Kier molecular flexibility index (Phi) is 5.50. The second-order valence-electron chi connectivity index (χ2n) is 5.13. The monoisotopic (exact) mass is 395 g/mol. The van der Waals surface area contributed by atoms with Crippen LogP contribution in [0.25, 0.3) is 10.2 Å². The van der Waals surface area contributed by atoms with E-state index in [2.05, 4.69) is 4.99 Å². The Morgan fingerprint density at radius 3 is 2.92 bits per heavy atom. The van der Waals surface area contributed by atoms with Crippen molar-refractivity contribution < 1.29 is 18.9 Å². The first-order valence-electron chi connectivity index (χ1n) is 7.70. The number of para-hydroxylation sites is 1. The van der Waals surface area contributed by atoms with Crippen LogP contribution in [0.5, 0.6) is 0 Å². The summed E-state index contributed by atoms with van der Waals surface area (Å²) in [5.74, 6) is -1.41. The van der Waals surface area contributed by atoms with Crippen LogP contribution in [-0.4, -0.2) is 28.6 Å². The molecule has 0 bridgehead atoms. The molecular weight excluding hydrogens is 382 g/mol. The maximum Gasteiger partial charge on any atom is 0.433 e. The molecule has 3 rings (SSSR count). The van der Waals surface area contributed by atoms with Crippen molar-refractivity contribution in [2.24, 2.45) is 4.99 Å². The van der Waals surface area contributed by atoms with E-state index in [1.807, 2.05) is 19.1 Å². The Labute approximate surface area is 156 Å². The highest BCUT2D eigenvalue weighted by molar-refractivity contribution is 7.16. The Morgan fingerprint density at radius 1 is 1.42 bits per heavy atom. The third-order valence-electron chi connectivity index (χ3n) is 3.49. The molecule has 0 saturated heterocycles. The number of furan rings is 1. The average molecular weight is 396 g/mol. The van der Waals surface area contributed by atoms with Crippen molar-refractivity contribution in [3.63, 3.8) is 0 Å². The predicted molar refractivity (Wildman–Crippen MR) is 96.6 cm³/mol. The topological polar surface area (TPSA) is 99.9 Å². The SMILES string of the molecule is CCOCCn1c(=NC(=O)c2ccc([N+](=O)[O-])o2)sc2cccc(Cl)c21. The lowest BCUT2D eigenvalue weighted by atomic mass is 10.3. The zero-order chi connectivity index (χ0) is 18.7. The summed E-state index contributed by atoms with van der Waals surface area (Å²) in [6.45, 7) is 3.35. The van der Waals surface area contributed by atoms with E-state index in [1.165, 1.54) is 17.4 Å². The van der Waals surface area contributed by atoms with Crippen LogP contribution >= 0.6 is 22.9 Å². The van der Waals surface area contributed by atoms with Crippen molar-refractivity contribution in [3.8, 4) is 0 Å². The lowest BCUT2D eigenvalue weighted by molar-refractivity contribution is -0.402. The smallest absolute Gasteiger partial charge is 0.395 e. The number of aromatic nitrogens is 1. The predicted octanol–water partition coefficient (Wildman–Crippen LogP) is 3.64. The van der Waals surface area contributed by atoms with Gasteiger partial charge in [-0.25, -0.2) is 0 Å². The molecule has 1 aromatic carbocycles. The number of carbonyl (C=O) groups excluding carboxylic acids is 1. The van der Waals surface area contributed by atoms with Crippen molar-refractivity contribution >= 4 is 44.9 Å². The third kappa shape index (κ3) is 3.69. The van der Waals surface area contributed by atoms with Crippen molar-refractivity contribution in [3.05, 3.63) is 56.0 Å². The minimum absolute atomic E-state index is 0.198. The van der Waals surface area contributed by atoms with Gasteiger partial charge in [-0.2, -0.15) is 4.99 Å². The normalized spacial score (nSPS) is 12.0. The number of nitro groups is 1. The van der Waals surface area contributed by atoms with Gasteiger partial charge in [-0.15, -0.1) is 0 Å². The summed E-state index contributed by atoms with van der Waals surface area (Å²) in [6.07, 6.45) is 0. The number of hydrogen-bond donors (Lipinski definition) is 0. The average Bonchev–Trinajstić information content (AvgIpc) is 3.21. The van der Waals surface area contributed by atoms with Gasteiger partial charge in [0.05, 0.1) is 27.9 Å². The Hall–Kier alpha value is -2.49. The summed E-state index contributed by atoms with van der Waals surface area (Å²) in [4.78, 5) is 26.8. The maximum absolute atomic E-state index is 12.3. The van der Waals surface area contributed by atoms with Gasteiger partial charge in [0.2, 0.25) is 5.76 Å². The molecule has 0 aliphatic heterocycles. The Morgan fingerprint density at radius 2 is 2.23 bits per heavy atom. The molecule has 0 fully saturated rings. The first-order valence-corrected chi connectivity index (χ1v) is 8.89. The molecule has 26 heavy (non-hydrogen) atoms. The molecule has 2 heterocycles. The van der Waals surface area contributed by atoms with Crippen LogP contribution in [0, 0.1) is 10.1 Å². The Bertz CT molecular complexity index is 1040. The molecule has 0 aliphatic rings. The fourth-order valence-corrected chi connectivity index (χ4v) is 3.78. The summed E-state index contributed by atoms with van der Waals surface area (Å²) >= 11 is 7.60. The molecule has 10 heteroatoms. The van der Waals surface area contributed by atoms with Gasteiger partial charge in [0, 0.05) is 13.2 Å². The largest absolute Gasteiger partial charge is 0.433 e. The summed E-state index contributed by atoms with van der Waals surface area (Å²) in [7, 11) is 0. The number of ether oxygens (including phenoxy) is 1. The number of thiazole rings is 1. The third-order valence-corrected chi connectivity index (χ3v) is 4.84. The van der Waals surface area contributed by atoms with Gasteiger partial charge >= 0.3 is 11.8 Å². The van der Waals surface area contributed by atoms with Crippen molar-refractivity contribution in [1.29, 1.82) is 0 Å². The van der Waals surface area contributed by atoms with Crippen LogP contribution in [0.3, 0.4) is 0 Å². The summed E-state index contributed by atoms with van der Waals surface area (Å²) in [5, 5.41) is 11.2. The molecule has 3 aromatic rings. The molecule has 0 atom stereocenters. The van der Waals surface area contributed by atoms with Gasteiger partial charge in [-0.05, 0) is 25.1 Å². The van der Waals surface area contributed by atoms with Gasteiger partial charge in [0.25, 0.3) is 0 Å². The van der Waals surface area contributed by atoms with Crippen molar-refractivity contribution in [2.75, 3.05) is 13.2 Å². The minimum atomic E-state index is -0.710. The number of halogens is 1. The fraction of sp³-hybridized carbons (Fsp3) is 0.250. The fourth-order valence-electron chi connectivity index (χ4n) is 2.36. The van der Waals surface area contributed by atoms with Crippen LogP contribution in [-0.2, 0) is 11.3 Å². The van der Waals surface area contributed by atoms with E-state index in [4.69, 9.17) is 20.8 Å². The Balaban J connectivity index is 2.05. The number of fused-ring (bicyclic) bond motifs is 1. The molecular formula is C16H14ClN3O5S. The van der Waals surface area contributed by atoms with E-state index in [9.17, 15) is 14.9 Å². The molecule has 0 saturated carbocycles. The van der Waals surface area contributed by atoms with Crippen LogP contribution in [0.1, 0.15) is 17.5 Å². The molecule has 2 aromatic heterocycles. The lowest BCUT2D eigenvalue weighted by Gasteiger charge is -2.06. The molecule has 0 spiro atoms. The van der Waals surface area contributed by atoms with E-state index in [0.717, 1.165) is 16.3 Å². The first kappa shape index (κ1) is 18.3.